The fraction of sp³-hybridized carbons (Fsp3) is 0.333. The number of carboxylic acids is 1. The van der Waals surface area contributed by atoms with Crippen LogP contribution in [0.4, 0.5) is 5.69 Å². The third-order valence-corrected chi connectivity index (χ3v) is 3.38. The number of hydrogen-bond donors (Lipinski definition) is 2. The first-order valence-electron chi connectivity index (χ1n) is 5.40. The topological polar surface area (TPSA) is 62.2 Å². The van der Waals surface area contributed by atoms with Crippen LogP contribution in [0.15, 0.2) is 23.7 Å². The summed E-state index contributed by atoms with van der Waals surface area (Å²) in [6.45, 7) is 3.77. The van der Waals surface area contributed by atoms with Crippen molar-refractivity contribution in [2.45, 2.75) is 19.9 Å². The molecule has 5 heteroatoms. The summed E-state index contributed by atoms with van der Waals surface area (Å²) in [6.07, 6.45) is 0. The van der Waals surface area contributed by atoms with Crippen LogP contribution in [-0.2, 0) is 4.79 Å². The number of nitrogens with zero attached hydrogens (tertiary/aromatic N) is 1. The third-order valence-electron chi connectivity index (χ3n) is 2.59. The lowest BCUT2D eigenvalue weighted by atomic mass is 10.0. The van der Waals surface area contributed by atoms with Crippen LogP contribution in [0, 0.1) is 5.92 Å². The van der Waals surface area contributed by atoms with Crippen molar-refractivity contribution in [1.29, 1.82) is 0 Å². The molecule has 1 atom stereocenters. The van der Waals surface area contributed by atoms with Gasteiger partial charge in [0.15, 0.2) is 0 Å². The molecule has 0 radical (unpaired) electrons. The van der Waals surface area contributed by atoms with Crippen molar-refractivity contribution in [3.63, 3.8) is 0 Å². The van der Waals surface area contributed by atoms with E-state index in [1.54, 1.807) is 16.8 Å². The van der Waals surface area contributed by atoms with Gasteiger partial charge in [-0.3, -0.25) is 0 Å². The minimum atomic E-state index is -0.829. The summed E-state index contributed by atoms with van der Waals surface area (Å²) in [5.74, 6) is -0.797. The van der Waals surface area contributed by atoms with E-state index in [0.717, 1.165) is 15.9 Å². The summed E-state index contributed by atoms with van der Waals surface area (Å²) in [5.41, 5.74) is 3.55. The number of thiazole rings is 1. The van der Waals surface area contributed by atoms with Crippen molar-refractivity contribution >= 4 is 33.2 Å². The summed E-state index contributed by atoms with van der Waals surface area (Å²) in [5, 5.41) is 12.1. The fourth-order valence-corrected chi connectivity index (χ4v) is 2.35. The molecule has 0 aliphatic heterocycles. The van der Waals surface area contributed by atoms with Gasteiger partial charge in [-0.25, -0.2) is 9.78 Å². The highest BCUT2D eigenvalue weighted by Gasteiger charge is 2.20. The summed E-state index contributed by atoms with van der Waals surface area (Å²) >= 11 is 1.55. The van der Waals surface area contributed by atoms with Gasteiger partial charge < -0.3 is 10.4 Å². The van der Waals surface area contributed by atoms with Crippen molar-refractivity contribution in [2.75, 3.05) is 5.32 Å². The van der Waals surface area contributed by atoms with E-state index in [9.17, 15) is 4.79 Å². The zero-order valence-corrected chi connectivity index (χ0v) is 10.5. The predicted octanol–water partition coefficient (Wildman–Crippen LogP) is 2.82. The maximum absolute atomic E-state index is 11.1. The third kappa shape index (κ3) is 2.55. The zero-order chi connectivity index (χ0) is 12.4. The van der Waals surface area contributed by atoms with E-state index in [1.807, 2.05) is 32.0 Å². The average Bonchev–Trinajstić information content (AvgIpc) is 2.71. The van der Waals surface area contributed by atoms with Crippen LogP contribution in [0.25, 0.3) is 10.2 Å². The maximum Gasteiger partial charge on any atom is 0.326 e. The van der Waals surface area contributed by atoms with Crippen LogP contribution in [0.2, 0.25) is 0 Å². The van der Waals surface area contributed by atoms with Gasteiger partial charge in [0.1, 0.15) is 6.04 Å². The van der Waals surface area contributed by atoms with Crippen LogP contribution in [0.5, 0.6) is 0 Å². The van der Waals surface area contributed by atoms with Gasteiger partial charge in [-0.15, -0.1) is 11.3 Å². The molecule has 0 aliphatic rings. The lowest BCUT2D eigenvalue weighted by Crippen LogP contribution is -2.34. The van der Waals surface area contributed by atoms with Crippen LogP contribution in [-0.4, -0.2) is 22.1 Å². The number of carbonyl (C=O) groups is 1. The molecule has 0 saturated carbocycles. The number of anilines is 1. The first kappa shape index (κ1) is 11.9. The van der Waals surface area contributed by atoms with E-state index in [2.05, 4.69) is 10.3 Å². The van der Waals surface area contributed by atoms with E-state index in [1.165, 1.54) is 0 Å². The SMILES string of the molecule is CC(C)C(Nc1ccc2ncsc2c1)C(=O)O. The van der Waals surface area contributed by atoms with E-state index < -0.39 is 12.0 Å². The molecule has 2 aromatic rings. The highest BCUT2D eigenvalue weighted by atomic mass is 32.1. The first-order valence-corrected chi connectivity index (χ1v) is 6.28. The molecule has 1 heterocycles. The summed E-state index contributed by atoms with van der Waals surface area (Å²) in [6, 6.07) is 5.12. The second kappa shape index (κ2) is 4.71. The highest BCUT2D eigenvalue weighted by Crippen LogP contribution is 2.23. The van der Waals surface area contributed by atoms with Crippen LogP contribution in [0.1, 0.15) is 13.8 Å². The van der Waals surface area contributed by atoms with Gasteiger partial charge in [0.25, 0.3) is 0 Å². The Morgan fingerprint density at radius 1 is 1.47 bits per heavy atom. The van der Waals surface area contributed by atoms with Gasteiger partial charge in [-0.1, -0.05) is 13.8 Å². The number of nitrogens with one attached hydrogen (secondary N) is 1. The Morgan fingerprint density at radius 2 is 2.24 bits per heavy atom. The molecule has 0 spiro atoms. The monoisotopic (exact) mass is 250 g/mol. The smallest absolute Gasteiger partial charge is 0.326 e. The number of rotatable bonds is 4. The zero-order valence-electron chi connectivity index (χ0n) is 9.68. The maximum atomic E-state index is 11.1. The van der Waals surface area contributed by atoms with Gasteiger partial charge in [-0.05, 0) is 24.1 Å². The molecule has 2 N–H and O–H groups in total. The van der Waals surface area contributed by atoms with Gasteiger partial charge in [0, 0.05) is 5.69 Å². The normalized spacial score (nSPS) is 12.9. The molecule has 0 saturated heterocycles. The van der Waals surface area contributed by atoms with Crippen molar-refractivity contribution < 1.29 is 9.90 Å². The molecule has 0 aliphatic carbocycles. The van der Waals surface area contributed by atoms with Gasteiger partial charge in [0.05, 0.1) is 15.7 Å². The Kier molecular flexibility index (Phi) is 3.28. The standard InChI is InChI=1S/C12H14N2O2S/c1-7(2)11(12(15)16)14-8-3-4-9-10(5-8)17-6-13-9/h3-7,11,14H,1-2H3,(H,15,16). The molecule has 90 valence electrons. The summed E-state index contributed by atoms with van der Waals surface area (Å²) < 4.78 is 1.06. The van der Waals surface area contributed by atoms with E-state index in [4.69, 9.17) is 5.11 Å². The summed E-state index contributed by atoms with van der Waals surface area (Å²) in [4.78, 5) is 15.3. The molecule has 1 aromatic heterocycles. The molecule has 1 aromatic carbocycles. The van der Waals surface area contributed by atoms with Crippen molar-refractivity contribution in [1.82, 2.24) is 4.98 Å². The molecular formula is C12H14N2O2S. The predicted molar refractivity (Wildman–Crippen MR) is 69.5 cm³/mol. The number of fused-ring (bicyclic) bond motifs is 1. The van der Waals surface area contributed by atoms with E-state index >= 15 is 0 Å². The first-order chi connectivity index (χ1) is 8.08. The number of aromatic nitrogens is 1. The Labute approximate surface area is 103 Å². The van der Waals surface area contributed by atoms with E-state index in [-0.39, 0.29) is 5.92 Å². The van der Waals surface area contributed by atoms with Crippen LogP contribution < -0.4 is 5.32 Å². The van der Waals surface area contributed by atoms with Crippen LogP contribution >= 0.6 is 11.3 Å². The summed E-state index contributed by atoms with van der Waals surface area (Å²) in [7, 11) is 0. The number of benzene rings is 1. The Morgan fingerprint density at radius 3 is 2.88 bits per heavy atom. The lowest BCUT2D eigenvalue weighted by Gasteiger charge is -2.19. The Balaban J connectivity index is 2.24. The molecule has 0 amide bonds. The van der Waals surface area contributed by atoms with Crippen molar-refractivity contribution in [2.24, 2.45) is 5.92 Å². The molecule has 17 heavy (non-hydrogen) atoms. The quantitative estimate of drug-likeness (QED) is 0.876. The number of hydrogen-bond acceptors (Lipinski definition) is 4. The minimum Gasteiger partial charge on any atom is -0.480 e. The molecular weight excluding hydrogens is 236 g/mol. The van der Waals surface area contributed by atoms with Crippen LogP contribution in [0.3, 0.4) is 0 Å². The van der Waals surface area contributed by atoms with Gasteiger partial charge >= 0.3 is 5.97 Å². The second-order valence-electron chi connectivity index (χ2n) is 4.24. The fourth-order valence-electron chi connectivity index (χ4n) is 1.64. The minimum absolute atomic E-state index is 0.0321. The number of aliphatic carboxylic acids is 1. The Hall–Kier alpha value is -1.62. The van der Waals surface area contributed by atoms with Crippen molar-refractivity contribution in [3.05, 3.63) is 23.7 Å². The van der Waals surface area contributed by atoms with E-state index in [0.29, 0.717) is 0 Å². The Bertz CT molecular complexity index is 536. The molecule has 0 fully saturated rings. The number of carboxylic acid groups (broad SMARTS) is 1. The molecule has 4 nitrogen and oxygen atoms in total. The molecule has 0 bridgehead atoms. The van der Waals surface area contributed by atoms with Gasteiger partial charge in [0.2, 0.25) is 0 Å². The lowest BCUT2D eigenvalue weighted by molar-refractivity contribution is -0.138. The molecule has 1 unspecified atom stereocenters. The van der Waals surface area contributed by atoms with Crippen molar-refractivity contribution in [3.8, 4) is 0 Å². The second-order valence-corrected chi connectivity index (χ2v) is 5.13. The highest BCUT2D eigenvalue weighted by molar-refractivity contribution is 7.16. The molecule has 2 rings (SSSR count). The largest absolute Gasteiger partial charge is 0.480 e. The average molecular weight is 250 g/mol. The van der Waals surface area contributed by atoms with Gasteiger partial charge in [-0.2, -0.15) is 0 Å².